The molecule has 3 N–H and O–H groups in total. The van der Waals surface area contributed by atoms with E-state index in [1.807, 2.05) is 35.0 Å². The minimum absolute atomic E-state index is 0.0507. The van der Waals surface area contributed by atoms with Crippen molar-refractivity contribution in [1.82, 2.24) is 14.8 Å². The predicted octanol–water partition coefficient (Wildman–Crippen LogP) is 3.78. The summed E-state index contributed by atoms with van der Waals surface area (Å²) in [6.07, 6.45) is 0.833. The Morgan fingerprint density at radius 3 is 2.80 bits per heavy atom. The Hall–Kier alpha value is -2.54. The molecule has 0 unspecified atom stereocenters. The van der Waals surface area contributed by atoms with E-state index in [0.717, 1.165) is 27.8 Å². The Bertz CT molecular complexity index is 910. The van der Waals surface area contributed by atoms with Crippen molar-refractivity contribution in [2.24, 2.45) is 0 Å². The average Bonchev–Trinajstić information content (AvgIpc) is 3.01. The van der Waals surface area contributed by atoms with Gasteiger partial charge in [0.25, 0.3) is 0 Å². The maximum Gasteiger partial charge on any atom is 0.241 e. The van der Waals surface area contributed by atoms with Crippen LogP contribution in [0, 0.1) is 0 Å². The second kappa shape index (κ2) is 6.40. The molecule has 0 radical (unpaired) electrons. The standard InChI is InChI=1S/C18H18BrN5O/c1-25-14-7-3-4-11(9-14)15-10-16(12-5-2-6-13(19)8-12)24-18(21-15)22-17(20)23-24/h2-9,15-16H,10H2,1H3,(H3,20,21,22,23)/t15-,16+/m0/s1. The number of rotatable bonds is 3. The van der Waals surface area contributed by atoms with E-state index >= 15 is 0 Å². The topological polar surface area (TPSA) is 78.0 Å². The van der Waals surface area contributed by atoms with Gasteiger partial charge in [-0.1, -0.05) is 40.2 Å². The van der Waals surface area contributed by atoms with Crippen LogP contribution in [0.3, 0.4) is 0 Å². The maximum absolute atomic E-state index is 5.85. The van der Waals surface area contributed by atoms with Gasteiger partial charge in [-0.25, -0.2) is 4.68 Å². The SMILES string of the molecule is COc1cccc([C@@H]2C[C@H](c3cccc(Br)c3)n3nc(N)nc3N2)c1. The number of nitrogens with two attached hydrogens (primary N) is 1. The fourth-order valence-corrected chi connectivity index (χ4v) is 3.68. The summed E-state index contributed by atoms with van der Waals surface area (Å²) in [7, 11) is 1.68. The van der Waals surface area contributed by atoms with Crippen LogP contribution in [0.1, 0.15) is 29.6 Å². The lowest BCUT2D eigenvalue weighted by Gasteiger charge is -2.31. The number of fused-ring (bicyclic) bond motifs is 1. The number of aromatic nitrogens is 3. The molecule has 2 heterocycles. The van der Waals surface area contributed by atoms with Gasteiger partial charge in [0.15, 0.2) is 0 Å². The second-order valence-electron chi connectivity index (χ2n) is 6.02. The minimum Gasteiger partial charge on any atom is -0.497 e. The number of methoxy groups -OCH3 is 1. The van der Waals surface area contributed by atoms with Crippen molar-refractivity contribution < 1.29 is 4.74 Å². The third-order valence-electron chi connectivity index (χ3n) is 4.43. The van der Waals surface area contributed by atoms with Crippen molar-refractivity contribution in [3.8, 4) is 5.75 Å². The maximum atomic E-state index is 5.85. The molecule has 4 rings (SSSR count). The fourth-order valence-electron chi connectivity index (χ4n) is 3.26. The third kappa shape index (κ3) is 3.07. The molecule has 0 saturated carbocycles. The second-order valence-corrected chi connectivity index (χ2v) is 6.93. The molecule has 0 spiro atoms. The number of ether oxygens (including phenoxy) is 1. The molecule has 1 aromatic heterocycles. The first kappa shape index (κ1) is 16.0. The quantitative estimate of drug-likeness (QED) is 0.700. The highest BCUT2D eigenvalue weighted by Crippen LogP contribution is 2.39. The van der Waals surface area contributed by atoms with Crippen LogP contribution < -0.4 is 15.8 Å². The largest absolute Gasteiger partial charge is 0.497 e. The zero-order valence-corrected chi connectivity index (χ0v) is 15.3. The number of nitrogens with one attached hydrogen (secondary N) is 1. The van der Waals surface area contributed by atoms with E-state index in [4.69, 9.17) is 10.5 Å². The van der Waals surface area contributed by atoms with Crippen LogP contribution in [0.15, 0.2) is 53.0 Å². The molecule has 1 aliphatic heterocycles. The molecule has 25 heavy (non-hydrogen) atoms. The fraction of sp³-hybridized carbons (Fsp3) is 0.222. The Morgan fingerprint density at radius 1 is 1.20 bits per heavy atom. The molecular weight excluding hydrogens is 382 g/mol. The molecule has 2 aromatic carbocycles. The smallest absolute Gasteiger partial charge is 0.241 e. The van der Waals surface area contributed by atoms with Gasteiger partial charge in [-0.3, -0.25) is 0 Å². The molecule has 0 fully saturated rings. The lowest BCUT2D eigenvalue weighted by Crippen LogP contribution is -2.28. The normalized spacial score (nSPS) is 19.1. The van der Waals surface area contributed by atoms with Crippen molar-refractivity contribution in [2.45, 2.75) is 18.5 Å². The summed E-state index contributed by atoms with van der Waals surface area (Å²) in [6.45, 7) is 0. The van der Waals surface area contributed by atoms with Crippen molar-refractivity contribution in [3.05, 3.63) is 64.1 Å². The van der Waals surface area contributed by atoms with Gasteiger partial charge in [-0.05, 0) is 41.8 Å². The molecule has 0 aliphatic carbocycles. The van der Waals surface area contributed by atoms with Gasteiger partial charge < -0.3 is 15.8 Å². The summed E-state index contributed by atoms with van der Waals surface area (Å²) in [4.78, 5) is 4.34. The van der Waals surface area contributed by atoms with E-state index < -0.39 is 0 Å². The Kier molecular flexibility index (Phi) is 4.09. The average molecular weight is 400 g/mol. The van der Waals surface area contributed by atoms with E-state index in [0.29, 0.717) is 5.95 Å². The van der Waals surface area contributed by atoms with Crippen LogP contribution in [0.4, 0.5) is 11.9 Å². The van der Waals surface area contributed by atoms with Crippen molar-refractivity contribution in [2.75, 3.05) is 18.2 Å². The summed E-state index contributed by atoms with van der Waals surface area (Å²) in [6, 6.07) is 16.5. The molecule has 0 saturated heterocycles. The van der Waals surface area contributed by atoms with Crippen LogP contribution in [0.2, 0.25) is 0 Å². The first-order valence-corrected chi connectivity index (χ1v) is 8.81. The van der Waals surface area contributed by atoms with Crippen molar-refractivity contribution in [1.29, 1.82) is 0 Å². The number of halogens is 1. The number of hydrogen-bond donors (Lipinski definition) is 2. The summed E-state index contributed by atoms with van der Waals surface area (Å²) in [5.74, 6) is 1.79. The van der Waals surface area contributed by atoms with Crippen LogP contribution in [-0.2, 0) is 0 Å². The number of anilines is 2. The lowest BCUT2D eigenvalue weighted by atomic mass is 9.93. The number of nitrogen functional groups attached to an aromatic ring is 1. The molecule has 2 atom stereocenters. The molecule has 6 nitrogen and oxygen atoms in total. The van der Waals surface area contributed by atoms with Gasteiger partial charge in [-0.15, -0.1) is 5.10 Å². The highest BCUT2D eigenvalue weighted by atomic mass is 79.9. The molecule has 1 aliphatic rings. The number of hydrogen-bond acceptors (Lipinski definition) is 5. The summed E-state index contributed by atoms with van der Waals surface area (Å²) >= 11 is 3.55. The molecule has 3 aromatic rings. The Morgan fingerprint density at radius 2 is 2.00 bits per heavy atom. The van der Waals surface area contributed by atoms with E-state index in [2.05, 4.69) is 49.5 Å². The van der Waals surface area contributed by atoms with Crippen LogP contribution in [0.5, 0.6) is 5.75 Å². The van der Waals surface area contributed by atoms with Crippen LogP contribution >= 0.6 is 15.9 Å². The van der Waals surface area contributed by atoms with Gasteiger partial charge in [0.2, 0.25) is 11.9 Å². The van der Waals surface area contributed by atoms with E-state index in [-0.39, 0.29) is 18.0 Å². The first-order chi connectivity index (χ1) is 12.1. The Balaban J connectivity index is 1.76. The first-order valence-electron chi connectivity index (χ1n) is 8.02. The summed E-state index contributed by atoms with van der Waals surface area (Å²) in [5.41, 5.74) is 8.15. The van der Waals surface area contributed by atoms with Gasteiger partial charge in [-0.2, -0.15) is 4.98 Å². The molecule has 128 valence electrons. The summed E-state index contributed by atoms with van der Waals surface area (Å²) in [5, 5.41) is 7.82. The van der Waals surface area contributed by atoms with E-state index in [1.54, 1.807) is 7.11 Å². The molecule has 0 bridgehead atoms. The predicted molar refractivity (Wildman–Crippen MR) is 101 cm³/mol. The highest BCUT2D eigenvalue weighted by Gasteiger charge is 2.31. The van der Waals surface area contributed by atoms with Crippen molar-refractivity contribution >= 4 is 27.8 Å². The van der Waals surface area contributed by atoms with Gasteiger partial charge >= 0.3 is 0 Å². The van der Waals surface area contributed by atoms with E-state index in [1.165, 1.54) is 0 Å². The number of nitrogens with zero attached hydrogens (tertiary/aromatic N) is 3. The Labute approximate surface area is 154 Å². The van der Waals surface area contributed by atoms with Gasteiger partial charge in [0.1, 0.15) is 5.75 Å². The zero-order valence-electron chi connectivity index (χ0n) is 13.7. The highest BCUT2D eigenvalue weighted by molar-refractivity contribution is 9.10. The van der Waals surface area contributed by atoms with Crippen LogP contribution in [-0.4, -0.2) is 21.9 Å². The number of benzene rings is 2. The third-order valence-corrected chi connectivity index (χ3v) is 4.93. The molecule has 7 heteroatoms. The van der Waals surface area contributed by atoms with Gasteiger partial charge in [0.05, 0.1) is 19.2 Å². The summed E-state index contributed by atoms with van der Waals surface area (Å²) < 4.78 is 8.27. The zero-order chi connectivity index (χ0) is 17.4. The van der Waals surface area contributed by atoms with Crippen molar-refractivity contribution in [3.63, 3.8) is 0 Å². The minimum atomic E-state index is 0.0507. The lowest BCUT2D eigenvalue weighted by molar-refractivity contribution is 0.410. The molecular formula is C18H18BrN5O. The monoisotopic (exact) mass is 399 g/mol. The van der Waals surface area contributed by atoms with Gasteiger partial charge in [0, 0.05) is 4.47 Å². The van der Waals surface area contributed by atoms with Crippen LogP contribution in [0.25, 0.3) is 0 Å². The van der Waals surface area contributed by atoms with E-state index in [9.17, 15) is 0 Å². The molecule has 0 amide bonds.